The Balaban J connectivity index is 1.48. The summed E-state index contributed by atoms with van der Waals surface area (Å²) in [6.45, 7) is 6.67. The van der Waals surface area contributed by atoms with Gasteiger partial charge in [-0.25, -0.2) is 4.21 Å². The van der Waals surface area contributed by atoms with E-state index in [9.17, 15) is 14.1 Å². The molecule has 1 unspecified atom stereocenters. The number of fused-ring (bicyclic) bond motifs is 1. The van der Waals surface area contributed by atoms with Gasteiger partial charge in [-0.2, -0.15) is 0 Å². The fourth-order valence-corrected chi connectivity index (χ4v) is 5.86. The number of carbonyl (C=O) groups excluding carboxylic acids is 1. The maximum atomic E-state index is 12.1. The van der Waals surface area contributed by atoms with E-state index in [-0.39, 0.29) is 17.1 Å². The van der Waals surface area contributed by atoms with Crippen LogP contribution in [0.1, 0.15) is 60.9 Å². The van der Waals surface area contributed by atoms with Gasteiger partial charge in [-0.15, -0.1) is 0 Å². The fraction of sp³-hybridized carbons (Fsp3) is 0.250. The molecule has 0 spiro atoms. The summed E-state index contributed by atoms with van der Waals surface area (Å²) in [4.78, 5) is 11.8. The zero-order chi connectivity index (χ0) is 23.3. The average Bonchev–Trinajstić information content (AvgIpc) is 3.35. The molecular formula is C28H27NO3S. The summed E-state index contributed by atoms with van der Waals surface area (Å²) in [5.74, 6) is -0.165. The predicted octanol–water partition coefficient (Wildman–Crippen LogP) is 5.57. The number of rotatable bonds is 3. The van der Waals surface area contributed by atoms with E-state index in [1.54, 1.807) is 12.1 Å². The SMILES string of the molecule is CC(C)(C)c1ccc(-c2cccc3c2CC[C@@H]3c2ccc(C3=CC(=O)NS3=O)c(O)c2)cc1. The third-order valence-corrected chi connectivity index (χ3v) is 7.80. The van der Waals surface area contributed by atoms with E-state index in [0.29, 0.717) is 10.5 Å². The molecule has 3 aromatic rings. The summed E-state index contributed by atoms with van der Waals surface area (Å²) in [7, 11) is -1.63. The minimum Gasteiger partial charge on any atom is -0.507 e. The molecule has 5 heteroatoms. The largest absolute Gasteiger partial charge is 0.507 e. The Labute approximate surface area is 197 Å². The van der Waals surface area contributed by atoms with E-state index in [0.717, 1.165) is 18.4 Å². The first-order valence-corrected chi connectivity index (χ1v) is 12.4. The molecule has 1 amide bonds. The summed E-state index contributed by atoms with van der Waals surface area (Å²) < 4.78 is 14.4. The number of carbonyl (C=O) groups is 1. The Hall–Kier alpha value is -3.18. The first-order valence-electron chi connectivity index (χ1n) is 11.2. The van der Waals surface area contributed by atoms with Gasteiger partial charge in [0.25, 0.3) is 5.91 Å². The molecule has 4 nitrogen and oxygen atoms in total. The molecule has 0 bridgehead atoms. The quantitative estimate of drug-likeness (QED) is 0.540. The van der Waals surface area contributed by atoms with Crippen molar-refractivity contribution in [3.05, 3.63) is 94.6 Å². The van der Waals surface area contributed by atoms with Crippen LogP contribution in [-0.2, 0) is 27.6 Å². The number of nitrogens with one attached hydrogen (secondary N) is 1. The second-order valence-corrected chi connectivity index (χ2v) is 11.0. The maximum Gasteiger partial charge on any atom is 0.257 e. The Bertz CT molecular complexity index is 1320. The highest BCUT2D eigenvalue weighted by Crippen LogP contribution is 2.44. The number of hydrogen-bond donors (Lipinski definition) is 2. The van der Waals surface area contributed by atoms with Crippen molar-refractivity contribution in [1.29, 1.82) is 0 Å². The Kier molecular flexibility index (Phi) is 5.25. The van der Waals surface area contributed by atoms with Gasteiger partial charge >= 0.3 is 0 Å². The van der Waals surface area contributed by atoms with E-state index in [1.165, 1.54) is 33.9 Å². The van der Waals surface area contributed by atoms with Crippen LogP contribution in [0.4, 0.5) is 0 Å². The molecule has 1 heterocycles. The summed E-state index contributed by atoms with van der Waals surface area (Å²) in [6, 6.07) is 20.9. The smallest absolute Gasteiger partial charge is 0.257 e. The van der Waals surface area contributed by atoms with E-state index < -0.39 is 16.9 Å². The van der Waals surface area contributed by atoms with E-state index in [4.69, 9.17) is 0 Å². The summed E-state index contributed by atoms with van der Waals surface area (Å²) in [6.07, 6.45) is 3.24. The molecule has 0 radical (unpaired) electrons. The molecule has 0 saturated carbocycles. The number of amides is 1. The first-order chi connectivity index (χ1) is 15.7. The predicted molar refractivity (Wildman–Crippen MR) is 133 cm³/mol. The van der Waals surface area contributed by atoms with Gasteiger partial charge in [0, 0.05) is 17.6 Å². The molecule has 5 rings (SSSR count). The zero-order valence-corrected chi connectivity index (χ0v) is 19.8. The lowest BCUT2D eigenvalue weighted by Crippen LogP contribution is -2.16. The van der Waals surface area contributed by atoms with Crippen LogP contribution in [0.2, 0.25) is 0 Å². The topological polar surface area (TPSA) is 66.4 Å². The standard InChI is InChI=1S/C28H27NO3S/c1-28(2,3)19-10-7-17(8-11-19)20-5-4-6-22-21(13-14-23(20)22)18-9-12-24(25(30)15-18)26-16-27(31)29-33(26)32/h4-12,15-16,21,30H,13-14H2,1-3H3,(H,29,31)/t21-,33?/m1/s1. The van der Waals surface area contributed by atoms with E-state index in [1.807, 2.05) is 6.07 Å². The maximum absolute atomic E-state index is 12.1. The number of phenols is 1. The minimum atomic E-state index is -1.63. The molecule has 1 aliphatic carbocycles. The van der Waals surface area contributed by atoms with Crippen LogP contribution in [0.5, 0.6) is 5.75 Å². The van der Waals surface area contributed by atoms with Crippen molar-refractivity contribution in [1.82, 2.24) is 4.72 Å². The third kappa shape index (κ3) is 3.91. The number of benzene rings is 3. The monoisotopic (exact) mass is 457 g/mol. The normalized spacial score (nSPS) is 19.8. The third-order valence-electron chi connectivity index (χ3n) is 6.68. The van der Waals surface area contributed by atoms with Gasteiger partial charge in [0.2, 0.25) is 0 Å². The molecular weight excluding hydrogens is 430 g/mol. The Morgan fingerprint density at radius 1 is 1.00 bits per heavy atom. The van der Waals surface area contributed by atoms with Crippen LogP contribution < -0.4 is 4.72 Å². The molecule has 2 atom stereocenters. The second-order valence-electron chi connectivity index (χ2n) is 9.81. The van der Waals surface area contributed by atoms with Crippen molar-refractivity contribution in [2.45, 2.75) is 44.9 Å². The molecule has 3 aromatic carbocycles. The summed E-state index contributed by atoms with van der Waals surface area (Å²) in [5.41, 5.74) is 8.06. The van der Waals surface area contributed by atoms with Crippen LogP contribution >= 0.6 is 0 Å². The van der Waals surface area contributed by atoms with Crippen LogP contribution in [0.15, 0.2) is 66.7 Å². The zero-order valence-electron chi connectivity index (χ0n) is 19.0. The molecule has 2 aliphatic rings. The lowest BCUT2D eigenvalue weighted by Gasteiger charge is -2.19. The number of phenolic OH excluding ortho intramolecular Hbond substituents is 1. The van der Waals surface area contributed by atoms with E-state index in [2.05, 4.69) is 68.0 Å². The first kappa shape index (κ1) is 21.7. The minimum absolute atomic E-state index is 0.0472. The van der Waals surface area contributed by atoms with E-state index >= 15 is 0 Å². The highest BCUT2D eigenvalue weighted by molar-refractivity contribution is 7.94. The lowest BCUT2D eigenvalue weighted by atomic mass is 9.85. The van der Waals surface area contributed by atoms with Crippen molar-refractivity contribution < 1.29 is 14.1 Å². The lowest BCUT2D eigenvalue weighted by molar-refractivity contribution is -0.114. The van der Waals surface area contributed by atoms with Crippen LogP contribution in [-0.4, -0.2) is 15.2 Å². The van der Waals surface area contributed by atoms with Crippen LogP contribution in [0, 0.1) is 0 Å². The van der Waals surface area contributed by atoms with Crippen molar-refractivity contribution in [2.24, 2.45) is 0 Å². The summed E-state index contributed by atoms with van der Waals surface area (Å²) >= 11 is 0. The number of aromatic hydroxyl groups is 1. The van der Waals surface area contributed by atoms with Gasteiger partial charge < -0.3 is 5.11 Å². The van der Waals surface area contributed by atoms with Gasteiger partial charge in [0.15, 0.2) is 11.0 Å². The fourth-order valence-electron chi connectivity index (χ4n) is 4.92. The Morgan fingerprint density at radius 3 is 2.39 bits per heavy atom. The van der Waals surface area contributed by atoms with Gasteiger partial charge in [0.1, 0.15) is 5.75 Å². The van der Waals surface area contributed by atoms with Crippen LogP contribution in [0.3, 0.4) is 0 Å². The average molecular weight is 458 g/mol. The second kappa shape index (κ2) is 7.99. The van der Waals surface area contributed by atoms with Crippen molar-refractivity contribution in [3.8, 4) is 16.9 Å². The van der Waals surface area contributed by atoms with Gasteiger partial charge in [-0.05, 0) is 63.8 Å². The highest BCUT2D eigenvalue weighted by Gasteiger charge is 2.28. The van der Waals surface area contributed by atoms with Crippen molar-refractivity contribution in [3.63, 3.8) is 0 Å². The molecule has 0 saturated heterocycles. The van der Waals surface area contributed by atoms with Crippen molar-refractivity contribution in [2.75, 3.05) is 0 Å². The van der Waals surface area contributed by atoms with Crippen LogP contribution in [0.25, 0.3) is 16.0 Å². The molecule has 0 aromatic heterocycles. The molecule has 2 N–H and O–H groups in total. The molecule has 1 aliphatic heterocycles. The Morgan fingerprint density at radius 2 is 1.76 bits per heavy atom. The van der Waals surface area contributed by atoms with Crippen molar-refractivity contribution >= 4 is 21.8 Å². The van der Waals surface area contributed by atoms with Gasteiger partial charge in [0.05, 0.1) is 4.91 Å². The molecule has 33 heavy (non-hydrogen) atoms. The molecule has 0 fully saturated rings. The molecule has 168 valence electrons. The van der Waals surface area contributed by atoms with Gasteiger partial charge in [-0.3, -0.25) is 9.52 Å². The number of hydrogen-bond acceptors (Lipinski definition) is 3. The van der Waals surface area contributed by atoms with Gasteiger partial charge in [-0.1, -0.05) is 69.3 Å². The highest BCUT2D eigenvalue weighted by atomic mass is 32.2. The summed E-state index contributed by atoms with van der Waals surface area (Å²) in [5, 5.41) is 10.7.